The van der Waals surface area contributed by atoms with E-state index in [1.807, 2.05) is 4.90 Å². The zero-order chi connectivity index (χ0) is 15.7. The third-order valence-electron chi connectivity index (χ3n) is 4.20. The predicted octanol–water partition coefficient (Wildman–Crippen LogP) is 1.53. The van der Waals surface area contributed by atoms with Crippen LogP contribution in [0.1, 0.15) is 23.2 Å². The van der Waals surface area contributed by atoms with Crippen molar-refractivity contribution in [3.05, 3.63) is 29.6 Å². The first-order valence-electron chi connectivity index (χ1n) is 7.51. The van der Waals surface area contributed by atoms with E-state index >= 15 is 0 Å². The minimum absolute atomic E-state index is 0.122. The molecule has 2 aliphatic rings. The highest BCUT2D eigenvalue weighted by atomic mass is 19.1. The van der Waals surface area contributed by atoms with Crippen molar-refractivity contribution in [3.8, 4) is 5.75 Å². The van der Waals surface area contributed by atoms with E-state index in [9.17, 15) is 14.0 Å². The number of methoxy groups -OCH3 is 1. The highest BCUT2D eigenvalue weighted by Gasteiger charge is 2.35. The minimum Gasteiger partial charge on any atom is -0.494 e. The first-order valence-corrected chi connectivity index (χ1v) is 7.51. The molecule has 5 nitrogen and oxygen atoms in total. The number of carbonyl (C=O) groups is 2. The topological polar surface area (TPSA) is 49.9 Å². The van der Waals surface area contributed by atoms with Gasteiger partial charge in [-0.15, -0.1) is 0 Å². The third kappa shape index (κ3) is 2.91. The van der Waals surface area contributed by atoms with Crippen LogP contribution < -0.4 is 4.74 Å². The molecule has 22 heavy (non-hydrogen) atoms. The predicted molar refractivity (Wildman–Crippen MR) is 78.2 cm³/mol. The number of hydrogen-bond donors (Lipinski definition) is 0. The van der Waals surface area contributed by atoms with Crippen molar-refractivity contribution in [1.29, 1.82) is 0 Å². The number of nitrogens with zero attached hydrogens (tertiary/aromatic N) is 2. The molecule has 1 aliphatic heterocycles. The van der Waals surface area contributed by atoms with E-state index in [1.165, 1.54) is 19.2 Å². The van der Waals surface area contributed by atoms with Gasteiger partial charge in [-0.25, -0.2) is 4.39 Å². The Labute approximate surface area is 128 Å². The highest BCUT2D eigenvalue weighted by molar-refractivity contribution is 5.94. The monoisotopic (exact) mass is 306 g/mol. The molecule has 1 aromatic rings. The van der Waals surface area contributed by atoms with Gasteiger partial charge in [-0.05, 0) is 31.0 Å². The van der Waals surface area contributed by atoms with Gasteiger partial charge >= 0.3 is 0 Å². The normalized spacial score (nSPS) is 18.3. The summed E-state index contributed by atoms with van der Waals surface area (Å²) in [7, 11) is 1.38. The van der Waals surface area contributed by atoms with E-state index in [4.69, 9.17) is 4.74 Å². The van der Waals surface area contributed by atoms with Crippen LogP contribution in [0.15, 0.2) is 18.2 Å². The van der Waals surface area contributed by atoms with Gasteiger partial charge in [0.15, 0.2) is 11.6 Å². The molecule has 118 valence electrons. The SMILES string of the molecule is COc1ccc(C(=O)N2CCN(C(=O)C3CC3)CC2)cc1F. The summed E-state index contributed by atoms with van der Waals surface area (Å²) in [4.78, 5) is 27.9. The molecule has 0 unspecified atom stereocenters. The Kier molecular flexibility index (Phi) is 4.00. The molecular weight excluding hydrogens is 287 g/mol. The number of halogens is 1. The Hall–Kier alpha value is -2.11. The molecule has 2 fully saturated rings. The van der Waals surface area contributed by atoms with Gasteiger partial charge in [0, 0.05) is 37.7 Å². The van der Waals surface area contributed by atoms with Crippen LogP contribution in [0.2, 0.25) is 0 Å². The molecule has 0 atom stereocenters. The molecule has 3 rings (SSSR count). The van der Waals surface area contributed by atoms with Crippen LogP contribution in [0.4, 0.5) is 4.39 Å². The van der Waals surface area contributed by atoms with Crippen molar-refractivity contribution >= 4 is 11.8 Å². The van der Waals surface area contributed by atoms with Gasteiger partial charge in [0.2, 0.25) is 5.91 Å². The fraction of sp³-hybridized carbons (Fsp3) is 0.500. The lowest BCUT2D eigenvalue weighted by molar-refractivity contribution is -0.134. The maximum atomic E-state index is 13.7. The molecule has 0 spiro atoms. The second kappa shape index (κ2) is 5.94. The summed E-state index contributed by atoms with van der Waals surface area (Å²) in [5.74, 6) is -0.215. The second-order valence-electron chi connectivity index (χ2n) is 5.74. The van der Waals surface area contributed by atoms with Crippen LogP contribution in [0.25, 0.3) is 0 Å². The number of ether oxygens (including phenoxy) is 1. The average molecular weight is 306 g/mol. The summed E-state index contributed by atoms with van der Waals surface area (Å²) >= 11 is 0. The Morgan fingerprint density at radius 1 is 1.14 bits per heavy atom. The fourth-order valence-corrected chi connectivity index (χ4v) is 2.70. The average Bonchev–Trinajstić information content (AvgIpc) is 3.38. The number of carbonyl (C=O) groups excluding carboxylic acids is 2. The number of piperazine rings is 1. The molecule has 1 heterocycles. The van der Waals surface area contributed by atoms with Gasteiger partial charge in [-0.3, -0.25) is 9.59 Å². The Morgan fingerprint density at radius 3 is 2.32 bits per heavy atom. The zero-order valence-electron chi connectivity index (χ0n) is 12.5. The van der Waals surface area contributed by atoms with Gasteiger partial charge in [0.1, 0.15) is 0 Å². The molecule has 0 bridgehead atoms. The summed E-state index contributed by atoms with van der Waals surface area (Å²) in [6, 6.07) is 4.21. The van der Waals surface area contributed by atoms with Crippen LogP contribution in [0.3, 0.4) is 0 Å². The molecule has 6 heteroatoms. The van der Waals surface area contributed by atoms with Crippen molar-refractivity contribution in [3.63, 3.8) is 0 Å². The van der Waals surface area contributed by atoms with E-state index in [2.05, 4.69) is 0 Å². The lowest BCUT2D eigenvalue weighted by Gasteiger charge is -2.35. The highest BCUT2D eigenvalue weighted by Crippen LogP contribution is 2.31. The van der Waals surface area contributed by atoms with E-state index < -0.39 is 5.82 Å². The fourth-order valence-electron chi connectivity index (χ4n) is 2.70. The van der Waals surface area contributed by atoms with Crippen molar-refractivity contribution < 1.29 is 18.7 Å². The Morgan fingerprint density at radius 2 is 1.77 bits per heavy atom. The molecule has 0 radical (unpaired) electrons. The van der Waals surface area contributed by atoms with Crippen molar-refractivity contribution in [1.82, 2.24) is 9.80 Å². The van der Waals surface area contributed by atoms with Gasteiger partial charge in [0.05, 0.1) is 7.11 Å². The molecule has 0 N–H and O–H groups in total. The van der Waals surface area contributed by atoms with E-state index in [0.717, 1.165) is 12.8 Å². The lowest BCUT2D eigenvalue weighted by atomic mass is 10.1. The Bertz CT molecular complexity index is 593. The van der Waals surface area contributed by atoms with Gasteiger partial charge in [-0.1, -0.05) is 0 Å². The number of benzene rings is 1. The van der Waals surface area contributed by atoms with Crippen molar-refractivity contribution in [2.45, 2.75) is 12.8 Å². The summed E-state index contributed by atoms with van der Waals surface area (Å²) in [6.07, 6.45) is 1.98. The molecule has 1 aliphatic carbocycles. The quantitative estimate of drug-likeness (QED) is 0.851. The summed E-state index contributed by atoms with van der Waals surface area (Å²) < 4.78 is 18.5. The molecule has 2 amide bonds. The molecule has 1 aromatic carbocycles. The maximum absolute atomic E-state index is 13.7. The molecule has 1 saturated heterocycles. The van der Waals surface area contributed by atoms with E-state index in [0.29, 0.717) is 31.7 Å². The Balaban J connectivity index is 1.61. The maximum Gasteiger partial charge on any atom is 0.254 e. The van der Waals surface area contributed by atoms with E-state index in [-0.39, 0.29) is 23.5 Å². The zero-order valence-corrected chi connectivity index (χ0v) is 12.5. The van der Waals surface area contributed by atoms with Gasteiger partial charge < -0.3 is 14.5 Å². The smallest absolute Gasteiger partial charge is 0.254 e. The first-order chi connectivity index (χ1) is 10.6. The van der Waals surface area contributed by atoms with Crippen LogP contribution >= 0.6 is 0 Å². The number of hydrogen-bond acceptors (Lipinski definition) is 3. The largest absolute Gasteiger partial charge is 0.494 e. The number of amides is 2. The van der Waals surface area contributed by atoms with Gasteiger partial charge in [0.25, 0.3) is 5.91 Å². The van der Waals surface area contributed by atoms with Crippen molar-refractivity contribution in [2.24, 2.45) is 5.92 Å². The second-order valence-corrected chi connectivity index (χ2v) is 5.74. The van der Waals surface area contributed by atoms with Crippen LogP contribution in [0.5, 0.6) is 5.75 Å². The summed E-state index contributed by atoms with van der Waals surface area (Å²) in [5, 5.41) is 0. The van der Waals surface area contributed by atoms with Crippen LogP contribution in [-0.4, -0.2) is 54.9 Å². The van der Waals surface area contributed by atoms with Gasteiger partial charge in [-0.2, -0.15) is 0 Å². The molecule has 0 aromatic heterocycles. The number of rotatable bonds is 3. The van der Waals surface area contributed by atoms with Crippen LogP contribution in [-0.2, 0) is 4.79 Å². The lowest BCUT2D eigenvalue weighted by Crippen LogP contribution is -2.51. The van der Waals surface area contributed by atoms with Crippen LogP contribution in [0, 0.1) is 11.7 Å². The molecular formula is C16H19FN2O3. The minimum atomic E-state index is -0.545. The summed E-state index contributed by atoms with van der Waals surface area (Å²) in [5.41, 5.74) is 0.306. The molecule has 1 saturated carbocycles. The standard InChI is InChI=1S/C16H19FN2O3/c1-22-14-5-4-12(10-13(14)17)16(21)19-8-6-18(7-9-19)15(20)11-2-3-11/h4-5,10-11H,2-3,6-9H2,1H3. The van der Waals surface area contributed by atoms with E-state index in [1.54, 1.807) is 11.0 Å². The van der Waals surface area contributed by atoms with Crippen molar-refractivity contribution in [2.75, 3.05) is 33.3 Å². The summed E-state index contributed by atoms with van der Waals surface area (Å²) in [6.45, 7) is 2.09. The first kappa shape index (κ1) is 14.8. The third-order valence-corrected chi connectivity index (χ3v) is 4.20.